The smallest absolute Gasteiger partial charge is 0.272 e. The largest absolute Gasteiger partial charge is 0.471 e. The Morgan fingerprint density at radius 3 is 2.67 bits per heavy atom. The number of nitrogens with zero attached hydrogens (tertiary/aromatic N) is 3. The number of anilines is 2. The summed E-state index contributed by atoms with van der Waals surface area (Å²) in [7, 11) is 0. The van der Waals surface area contributed by atoms with Crippen molar-refractivity contribution in [1.82, 2.24) is 15.3 Å². The van der Waals surface area contributed by atoms with Gasteiger partial charge < -0.3 is 14.8 Å². The molecule has 176 valence electrons. The number of aromatic nitrogens is 2. The van der Waals surface area contributed by atoms with Gasteiger partial charge >= 0.3 is 0 Å². The highest BCUT2D eigenvalue weighted by Crippen LogP contribution is 2.45. The summed E-state index contributed by atoms with van der Waals surface area (Å²) in [4.78, 5) is 35.9. The molecule has 1 saturated heterocycles. The monoisotopic (exact) mass is 460 g/mol. The SMILES string of the molecule is CC1(NC(=O)c2ccc3c(c2)C(C)(C)C(=O)N3c2nccc(OCC(F)F)n2)CCOCC1. The minimum Gasteiger partial charge on any atom is -0.471 e. The third kappa shape index (κ3) is 4.52. The van der Waals surface area contributed by atoms with Gasteiger partial charge in [-0.1, -0.05) is 0 Å². The molecule has 0 saturated carbocycles. The molecule has 2 aromatic rings. The number of hydrogen-bond acceptors (Lipinski definition) is 6. The van der Waals surface area contributed by atoms with Gasteiger partial charge in [0.25, 0.3) is 12.3 Å². The summed E-state index contributed by atoms with van der Waals surface area (Å²) in [5, 5.41) is 3.09. The normalized spacial score (nSPS) is 18.8. The first-order valence-corrected chi connectivity index (χ1v) is 10.7. The molecule has 0 radical (unpaired) electrons. The van der Waals surface area contributed by atoms with Gasteiger partial charge in [0, 0.05) is 36.6 Å². The first kappa shape index (κ1) is 23.0. The van der Waals surface area contributed by atoms with E-state index < -0.39 is 18.4 Å². The van der Waals surface area contributed by atoms with Crippen LogP contribution in [0.25, 0.3) is 0 Å². The van der Waals surface area contributed by atoms with Crippen molar-refractivity contribution in [1.29, 1.82) is 0 Å². The zero-order valence-electron chi connectivity index (χ0n) is 18.7. The quantitative estimate of drug-likeness (QED) is 0.711. The number of benzene rings is 1. The first-order valence-electron chi connectivity index (χ1n) is 10.7. The molecule has 1 aromatic carbocycles. The molecule has 0 unspecified atom stereocenters. The van der Waals surface area contributed by atoms with Gasteiger partial charge in [-0.2, -0.15) is 4.98 Å². The number of halogens is 2. The van der Waals surface area contributed by atoms with E-state index in [1.165, 1.54) is 17.2 Å². The van der Waals surface area contributed by atoms with Crippen LogP contribution in [0.1, 0.15) is 49.5 Å². The van der Waals surface area contributed by atoms with E-state index in [0.29, 0.717) is 30.0 Å². The maximum atomic E-state index is 13.3. The zero-order chi connectivity index (χ0) is 23.8. The van der Waals surface area contributed by atoms with Crippen molar-refractivity contribution >= 4 is 23.5 Å². The molecule has 1 N–H and O–H groups in total. The van der Waals surface area contributed by atoms with Crippen molar-refractivity contribution < 1.29 is 27.8 Å². The van der Waals surface area contributed by atoms with E-state index in [-0.39, 0.29) is 29.2 Å². The third-order valence-corrected chi connectivity index (χ3v) is 6.10. The van der Waals surface area contributed by atoms with Crippen molar-refractivity contribution in [3.63, 3.8) is 0 Å². The Labute approximate surface area is 190 Å². The Hall–Kier alpha value is -3.14. The Balaban J connectivity index is 1.63. The van der Waals surface area contributed by atoms with Crippen LogP contribution < -0.4 is 15.0 Å². The number of carbonyl (C=O) groups is 2. The Morgan fingerprint density at radius 1 is 1.24 bits per heavy atom. The Morgan fingerprint density at radius 2 is 1.97 bits per heavy atom. The Bertz CT molecular complexity index is 1070. The van der Waals surface area contributed by atoms with Crippen LogP contribution in [-0.2, 0) is 14.9 Å². The Kier molecular flexibility index (Phi) is 6.04. The second-order valence-corrected chi connectivity index (χ2v) is 9.02. The van der Waals surface area contributed by atoms with Gasteiger partial charge in [-0.15, -0.1) is 0 Å². The molecular weight excluding hydrogens is 434 g/mol. The van der Waals surface area contributed by atoms with E-state index in [0.717, 1.165) is 12.8 Å². The van der Waals surface area contributed by atoms with Gasteiger partial charge in [0.15, 0.2) is 6.61 Å². The van der Waals surface area contributed by atoms with Crippen LogP contribution in [0.3, 0.4) is 0 Å². The number of amides is 2. The van der Waals surface area contributed by atoms with E-state index in [2.05, 4.69) is 15.3 Å². The molecule has 0 atom stereocenters. The minimum absolute atomic E-state index is 0.0190. The fraction of sp³-hybridized carbons (Fsp3) is 0.478. The van der Waals surface area contributed by atoms with Crippen LogP contribution >= 0.6 is 0 Å². The maximum absolute atomic E-state index is 13.3. The molecule has 4 rings (SSSR count). The van der Waals surface area contributed by atoms with E-state index in [1.54, 1.807) is 32.0 Å². The van der Waals surface area contributed by atoms with Crippen LogP contribution in [0.5, 0.6) is 5.88 Å². The van der Waals surface area contributed by atoms with Crippen molar-refractivity contribution in [2.45, 2.75) is 51.0 Å². The second kappa shape index (κ2) is 8.66. The lowest BCUT2D eigenvalue weighted by atomic mass is 9.85. The molecule has 33 heavy (non-hydrogen) atoms. The maximum Gasteiger partial charge on any atom is 0.272 e. The fourth-order valence-corrected chi connectivity index (χ4v) is 4.04. The molecule has 10 heteroatoms. The number of carbonyl (C=O) groups excluding carboxylic acids is 2. The van der Waals surface area contributed by atoms with Gasteiger partial charge in [0.2, 0.25) is 17.7 Å². The topological polar surface area (TPSA) is 93.7 Å². The lowest BCUT2D eigenvalue weighted by Crippen LogP contribution is -2.49. The molecule has 0 aliphatic carbocycles. The molecule has 8 nitrogen and oxygen atoms in total. The van der Waals surface area contributed by atoms with E-state index in [4.69, 9.17) is 9.47 Å². The van der Waals surface area contributed by atoms with Crippen LogP contribution in [0.2, 0.25) is 0 Å². The van der Waals surface area contributed by atoms with Crippen molar-refractivity contribution in [2.75, 3.05) is 24.7 Å². The summed E-state index contributed by atoms with van der Waals surface area (Å²) in [6.07, 6.45) is 0.146. The van der Waals surface area contributed by atoms with Crippen LogP contribution in [0.15, 0.2) is 30.5 Å². The standard InChI is InChI=1S/C23H26F2N4O4/c1-22(2)15-12-14(19(30)28-23(3)7-10-32-11-8-23)4-5-16(15)29(20(22)31)21-26-9-6-18(27-21)33-13-17(24)25/h4-6,9,12,17H,7-8,10-11,13H2,1-3H3,(H,28,30). The lowest BCUT2D eigenvalue weighted by molar-refractivity contribution is -0.121. The molecule has 2 aliphatic rings. The van der Waals surface area contributed by atoms with Crippen LogP contribution in [-0.4, -0.2) is 53.6 Å². The number of hydrogen-bond donors (Lipinski definition) is 1. The van der Waals surface area contributed by atoms with Crippen LogP contribution in [0.4, 0.5) is 20.4 Å². The predicted octanol–water partition coefficient (Wildman–Crippen LogP) is 3.38. The number of ether oxygens (including phenoxy) is 2. The van der Waals surface area contributed by atoms with E-state index >= 15 is 0 Å². The summed E-state index contributed by atoms with van der Waals surface area (Å²) >= 11 is 0. The molecule has 2 aliphatic heterocycles. The van der Waals surface area contributed by atoms with Crippen molar-refractivity contribution in [3.8, 4) is 5.88 Å². The zero-order valence-corrected chi connectivity index (χ0v) is 18.7. The average molecular weight is 460 g/mol. The molecule has 2 amide bonds. The van der Waals surface area contributed by atoms with E-state index in [1.807, 2.05) is 6.92 Å². The molecule has 0 spiro atoms. The molecular formula is C23H26F2N4O4. The minimum atomic E-state index is -2.65. The highest BCUT2D eigenvalue weighted by Gasteiger charge is 2.46. The molecule has 0 bridgehead atoms. The van der Waals surface area contributed by atoms with Gasteiger partial charge in [0.1, 0.15) is 0 Å². The second-order valence-electron chi connectivity index (χ2n) is 9.02. The van der Waals surface area contributed by atoms with Gasteiger partial charge in [-0.05, 0) is 57.4 Å². The summed E-state index contributed by atoms with van der Waals surface area (Å²) in [5.74, 6) is -0.550. The predicted molar refractivity (Wildman–Crippen MR) is 116 cm³/mol. The van der Waals surface area contributed by atoms with Gasteiger partial charge in [-0.3, -0.25) is 9.59 Å². The highest BCUT2D eigenvalue weighted by molar-refractivity contribution is 6.12. The average Bonchev–Trinajstić information content (AvgIpc) is 2.98. The van der Waals surface area contributed by atoms with Crippen molar-refractivity contribution in [3.05, 3.63) is 41.6 Å². The molecule has 1 fully saturated rings. The number of fused-ring (bicyclic) bond motifs is 1. The lowest BCUT2D eigenvalue weighted by Gasteiger charge is -2.34. The summed E-state index contributed by atoms with van der Waals surface area (Å²) in [6.45, 7) is 5.89. The summed E-state index contributed by atoms with van der Waals surface area (Å²) < 4.78 is 35.3. The molecule has 1 aromatic heterocycles. The van der Waals surface area contributed by atoms with E-state index in [9.17, 15) is 18.4 Å². The van der Waals surface area contributed by atoms with Gasteiger partial charge in [0.05, 0.1) is 11.1 Å². The van der Waals surface area contributed by atoms with Crippen LogP contribution in [0, 0.1) is 0 Å². The summed E-state index contributed by atoms with van der Waals surface area (Å²) in [5.41, 5.74) is 0.332. The molecule has 3 heterocycles. The summed E-state index contributed by atoms with van der Waals surface area (Å²) in [6, 6.07) is 6.39. The van der Waals surface area contributed by atoms with Crippen molar-refractivity contribution in [2.24, 2.45) is 0 Å². The third-order valence-electron chi connectivity index (χ3n) is 6.10. The fourth-order valence-electron chi connectivity index (χ4n) is 4.04. The number of nitrogens with one attached hydrogen (secondary N) is 1. The highest BCUT2D eigenvalue weighted by atomic mass is 19.3. The van der Waals surface area contributed by atoms with Gasteiger partial charge in [-0.25, -0.2) is 18.7 Å². The number of rotatable bonds is 6. The number of alkyl halides is 2. The first-order chi connectivity index (χ1) is 15.6.